The fourth-order valence-electron chi connectivity index (χ4n) is 2.63. The molecule has 0 aliphatic heterocycles. The minimum atomic E-state index is -4.78. The Morgan fingerprint density at radius 3 is 2.04 bits per heavy atom. The molecule has 0 spiro atoms. The van der Waals surface area contributed by atoms with E-state index in [0.717, 1.165) is 42.5 Å². The smallest absolute Gasteiger partial charge is 0.418 e. The first-order valence-electron chi connectivity index (χ1n) is 7.40. The average molecular weight is 385 g/mol. The Bertz CT molecular complexity index is 1020. The van der Waals surface area contributed by atoms with Crippen molar-refractivity contribution in [3.63, 3.8) is 0 Å². The molecule has 0 bridgehead atoms. The summed E-state index contributed by atoms with van der Waals surface area (Å²) in [7, 11) is 0. The Hall–Kier alpha value is -3.10. The number of nitrogens with zero attached hydrogens (tertiary/aromatic N) is 1. The number of alkyl halides is 6. The van der Waals surface area contributed by atoms with Crippen LogP contribution in [0.25, 0.3) is 22.2 Å². The molecule has 0 saturated heterocycles. The minimum absolute atomic E-state index is 0.0596. The summed E-state index contributed by atoms with van der Waals surface area (Å²) in [6, 6.07) is 7.60. The number of para-hydroxylation sites is 1. The van der Waals surface area contributed by atoms with Crippen LogP contribution in [0.1, 0.15) is 21.5 Å². The maximum atomic E-state index is 13.3. The molecular weight excluding hydrogens is 376 g/mol. The van der Waals surface area contributed by atoms with Gasteiger partial charge in [0.1, 0.15) is 0 Å². The van der Waals surface area contributed by atoms with Gasteiger partial charge in [0.05, 0.1) is 27.9 Å². The lowest BCUT2D eigenvalue weighted by Gasteiger charge is -2.13. The lowest BCUT2D eigenvalue weighted by atomic mass is 10.0. The Labute approximate surface area is 147 Å². The van der Waals surface area contributed by atoms with Crippen LogP contribution >= 0.6 is 0 Å². The van der Waals surface area contributed by atoms with Crippen LogP contribution in [-0.2, 0) is 12.4 Å². The van der Waals surface area contributed by atoms with E-state index in [1.165, 1.54) is 6.07 Å². The van der Waals surface area contributed by atoms with Crippen molar-refractivity contribution in [1.29, 1.82) is 0 Å². The third kappa shape index (κ3) is 3.57. The van der Waals surface area contributed by atoms with E-state index >= 15 is 0 Å². The summed E-state index contributed by atoms with van der Waals surface area (Å²) in [6.45, 7) is 0. The van der Waals surface area contributed by atoms with Crippen molar-refractivity contribution in [1.82, 2.24) is 4.98 Å². The number of carbonyl (C=O) groups is 1. The van der Waals surface area contributed by atoms with E-state index in [9.17, 15) is 36.2 Å². The van der Waals surface area contributed by atoms with Gasteiger partial charge in [-0.25, -0.2) is 9.78 Å². The van der Waals surface area contributed by atoms with Gasteiger partial charge in [0, 0.05) is 10.9 Å². The molecule has 1 N–H and O–H groups in total. The fourth-order valence-corrected chi connectivity index (χ4v) is 2.63. The number of carboxylic acids is 1. The van der Waals surface area contributed by atoms with Crippen LogP contribution in [0.5, 0.6) is 0 Å². The van der Waals surface area contributed by atoms with Crippen molar-refractivity contribution < 1.29 is 36.2 Å². The monoisotopic (exact) mass is 385 g/mol. The molecular formula is C18H9F6NO2. The third-order valence-electron chi connectivity index (χ3n) is 3.88. The normalized spacial score (nSPS) is 12.4. The van der Waals surface area contributed by atoms with E-state index in [1.807, 2.05) is 0 Å². The van der Waals surface area contributed by atoms with Crippen LogP contribution in [0, 0.1) is 0 Å². The summed E-state index contributed by atoms with van der Waals surface area (Å²) in [5.41, 5.74) is -3.20. The second-order valence-electron chi connectivity index (χ2n) is 5.63. The van der Waals surface area contributed by atoms with Crippen molar-refractivity contribution in [2.45, 2.75) is 12.4 Å². The van der Waals surface area contributed by atoms with Crippen LogP contribution in [0.15, 0.2) is 48.5 Å². The summed E-state index contributed by atoms with van der Waals surface area (Å²) in [5, 5.41) is 9.13. The van der Waals surface area contributed by atoms with Crippen molar-refractivity contribution in [2.75, 3.05) is 0 Å². The molecule has 0 amide bonds. The number of carboxylic acid groups (broad SMARTS) is 1. The molecule has 3 aromatic rings. The van der Waals surface area contributed by atoms with Gasteiger partial charge in [-0.05, 0) is 24.3 Å². The third-order valence-corrected chi connectivity index (χ3v) is 3.88. The number of halogens is 6. The van der Waals surface area contributed by atoms with Gasteiger partial charge in [-0.1, -0.05) is 24.3 Å². The zero-order valence-electron chi connectivity index (χ0n) is 13.2. The van der Waals surface area contributed by atoms with E-state index in [4.69, 9.17) is 0 Å². The molecule has 9 heteroatoms. The first-order valence-corrected chi connectivity index (χ1v) is 7.40. The Morgan fingerprint density at radius 1 is 0.889 bits per heavy atom. The standard InChI is InChI=1S/C18H9F6NO2/c19-17(20,21)10-6-4-9(5-7-10)14-8-12(16(26)27)11-2-1-3-13(15(11)25-14)18(22,23)24/h1-8H,(H,26,27). The lowest BCUT2D eigenvalue weighted by Crippen LogP contribution is -2.09. The molecule has 2 aromatic carbocycles. The summed E-state index contributed by atoms with van der Waals surface area (Å²) in [4.78, 5) is 15.4. The van der Waals surface area contributed by atoms with Gasteiger partial charge < -0.3 is 5.11 Å². The van der Waals surface area contributed by atoms with Crippen LogP contribution in [-0.4, -0.2) is 16.1 Å². The molecule has 1 aromatic heterocycles. The molecule has 0 fully saturated rings. The first-order chi connectivity index (χ1) is 12.5. The number of benzene rings is 2. The number of hydrogen-bond acceptors (Lipinski definition) is 2. The lowest BCUT2D eigenvalue weighted by molar-refractivity contribution is -0.138. The molecule has 27 heavy (non-hydrogen) atoms. The zero-order chi connectivity index (χ0) is 20.0. The Balaban J connectivity index is 2.27. The molecule has 0 unspecified atom stereocenters. The molecule has 3 rings (SSSR count). The number of hydrogen-bond donors (Lipinski definition) is 1. The van der Waals surface area contributed by atoms with Crippen LogP contribution in [0.2, 0.25) is 0 Å². The van der Waals surface area contributed by atoms with E-state index in [-0.39, 0.29) is 16.6 Å². The number of aromatic nitrogens is 1. The van der Waals surface area contributed by atoms with Crippen molar-refractivity contribution in [3.05, 3.63) is 65.2 Å². The number of pyridine rings is 1. The van der Waals surface area contributed by atoms with Gasteiger partial charge in [0.2, 0.25) is 0 Å². The second kappa shape index (κ2) is 6.26. The quantitative estimate of drug-likeness (QED) is 0.581. The minimum Gasteiger partial charge on any atom is -0.478 e. The second-order valence-corrected chi connectivity index (χ2v) is 5.63. The highest BCUT2D eigenvalue weighted by Crippen LogP contribution is 2.37. The van der Waals surface area contributed by atoms with E-state index in [0.29, 0.717) is 0 Å². The molecule has 0 radical (unpaired) electrons. The van der Waals surface area contributed by atoms with Gasteiger partial charge in [-0.2, -0.15) is 26.3 Å². The zero-order valence-corrected chi connectivity index (χ0v) is 13.2. The maximum Gasteiger partial charge on any atom is 0.418 e. The first kappa shape index (κ1) is 18.7. The van der Waals surface area contributed by atoms with Crippen LogP contribution in [0.3, 0.4) is 0 Å². The predicted molar refractivity (Wildman–Crippen MR) is 84.1 cm³/mol. The topological polar surface area (TPSA) is 50.2 Å². The van der Waals surface area contributed by atoms with Gasteiger partial charge >= 0.3 is 18.3 Å². The molecule has 0 saturated carbocycles. The largest absolute Gasteiger partial charge is 0.478 e. The molecule has 140 valence electrons. The highest BCUT2D eigenvalue weighted by molar-refractivity contribution is 6.04. The molecule has 0 aliphatic rings. The maximum absolute atomic E-state index is 13.3. The van der Waals surface area contributed by atoms with Crippen LogP contribution < -0.4 is 0 Å². The Morgan fingerprint density at radius 2 is 1.52 bits per heavy atom. The summed E-state index contributed by atoms with van der Waals surface area (Å²) < 4.78 is 77.8. The number of fused-ring (bicyclic) bond motifs is 1. The van der Waals surface area contributed by atoms with Gasteiger partial charge in [0.15, 0.2) is 0 Å². The Kier molecular flexibility index (Phi) is 4.33. The van der Waals surface area contributed by atoms with Crippen LogP contribution in [0.4, 0.5) is 26.3 Å². The predicted octanol–water partition coefficient (Wildman–Crippen LogP) is 5.64. The highest BCUT2D eigenvalue weighted by atomic mass is 19.4. The SMILES string of the molecule is O=C(O)c1cc(-c2ccc(C(F)(F)F)cc2)nc2c(C(F)(F)F)cccc12. The van der Waals surface area contributed by atoms with E-state index < -0.39 is 40.5 Å². The van der Waals surface area contributed by atoms with Gasteiger partial charge in [-0.3, -0.25) is 0 Å². The number of rotatable bonds is 2. The van der Waals surface area contributed by atoms with Gasteiger partial charge in [0.25, 0.3) is 0 Å². The molecule has 0 aliphatic carbocycles. The van der Waals surface area contributed by atoms with Crippen molar-refractivity contribution in [2.24, 2.45) is 0 Å². The van der Waals surface area contributed by atoms with E-state index in [2.05, 4.69) is 4.98 Å². The van der Waals surface area contributed by atoms with Crippen molar-refractivity contribution >= 4 is 16.9 Å². The molecule has 3 nitrogen and oxygen atoms in total. The summed E-state index contributed by atoms with van der Waals surface area (Å²) in [6.07, 6.45) is -9.36. The molecule has 1 heterocycles. The average Bonchev–Trinajstić information content (AvgIpc) is 2.58. The number of aromatic carboxylic acids is 1. The van der Waals surface area contributed by atoms with E-state index in [1.54, 1.807) is 0 Å². The summed E-state index contributed by atoms with van der Waals surface area (Å²) in [5.74, 6) is -1.48. The molecule has 0 atom stereocenters. The van der Waals surface area contributed by atoms with Gasteiger partial charge in [-0.15, -0.1) is 0 Å². The summed E-state index contributed by atoms with van der Waals surface area (Å²) >= 11 is 0. The van der Waals surface area contributed by atoms with Crippen molar-refractivity contribution in [3.8, 4) is 11.3 Å². The fraction of sp³-hybridized carbons (Fsp3) is 0.111. The highest BCUT2D eigenvalue weighted by Gasteiger charge is 2.34.